The highest BCUT2D eigenvalue weighted by atomic mass is 127. The summed E-state index contributed by atoms with van der Waals surface area (Å²) in [5.41, 5.74) is 2.84. The summed E-state index contributed by atoms with van der Waals surface area (Å²) in [7, 11) is 1.88. The third kappa shape index (κ3) is 2.15. The number of nitrogens with one attached hydrogen (secondary N) is 1. The molecule has 2 heterocycles. The van der Waals surface area contributed by atoms with Crippen molar-refractivity contribution in [3.05, 3.63) is 39.8 Å². The largest absolute Gasteiger partial charge is 0.464 e. The number of hydrogen-bond donors (Lipinski definition) is 1. The molecular formula is C15H14IN3O. The number of fused-ring (bicyclic) bond motifs is 1. The topological polar surface area (TPSA) is 51.0 Å². The van der Waals surface area contributed by atoms with Crippen LogP contribution in [0.15, 0.2) is 34.9 Å². The first-order valence-corrected chi connectivity index (χ1v) is 7.53. The fourth-order valence-corrected chi connectivity index (χ4v) is 3.06. The number of benzene rings is 1. The second kappa shape index (κ2) is 5.40. The van der Waals surface area contributed by atoms with Gasteiger partial charge in [0.15, 0.2) is 5.82 Å². The lowest BCUT2D eigenvalue weighted by atomic mass is 10.1. The van der Waals surface area contributed by atoms with Crippen LogP contribution in [-0.2, 0) is 6.42 Å². The van der Waals surface area contributed by atoms with E-state index < -0.39 is 0 Å². The van der Waals surface area contributed by atoms with Crippen LogP contribution in [0.25, 0.3) is 22.4 Å². The summed E-state index contributed by atoms with van der Waals surface area (Å²) in [5, 5.41) is 4.17. The smallest absolute Gasteiger partial charge is 0.165 e. The molecule has 1 N–H and O–H groups in total. The molecular weight excluding hydrogens is 365 g/mol. The highest BCUT2D eigenvalue weighted by Gasteiger charge is 2.15. The minimum absolute atomic E-state index is 0.705. The number of halogens is 1. The number of nitrogens with zero attached hydrogens (tertiary/aromatic N) is 2. The van der Waals surface area contributed by atoms with E-state index >= 15 is 0 Å². The van der Waals surface area contributed by atoms with Crippen molar-refractivity contribution in [1.82, 2.24) is 9.97 Å². The minimum Gasteiger partial charge on any atom is -0.464 e. The van der Waals surface area contributed by atoms with Crippen LogP contribution in [0.3, 0.4) is 0 Å². The van der Waals surface area contributed by atoms with Crippen LogP contribution < -0.4 is 5.32 Å². The van der Waals surface area contributed by atoms with Crippen molar-refractivity contribution < 1.29 is 4.42 Å². The third-order valence-electron chi connectivity index (χ3n) is 3.21. The van der Waals surface area contributed by atoms with Gasteiger partial charge >= 0.3 is 0 Å². The molecule has 0 saturated heterocycles. The molecule has 0 aliphatic carbocycles. The number of furan rings is 1. The van der Waals surface area contributed by atoms with Crippen molar-refractivity contribution in [3.63, 3.8) is 0 Å². The molecule has 0 atom stereocenters. The van der Waals surface area contributed by atoms with Gasteiger partial charge in [-0.1, -0.05) is 25.1 Å². The van der Waals surface area contributed by atoms with Gasteiger partial charge < -0.3 is 9.73 Å². The van der Waals surface area contributed by atoms with Gasteiger partial charge in [0, 0.05) is 12.4 Å². The summed E-state index contributed by atoms with van der Waals surface area (Å²) in [6, 6.07) is 7.93. The van der Waals surface area contributed by atoms with Gasteiger partial charge in [-0.25, -0.2) is 9.97 Å². The zero-order valence-electron chi connectivity index (χ0n) is 11.3. The van der Waals surface area contributed by atoms with Gasteiger partial charge in [-0.2, -0.15) is 0 Å². The van der Waals surface area contributed by atoms with E-state index in [0.717, 1.165) is 38.0 Å². The van der Waals surface area contributed by atoms with Crippen molar-refractivity contribution in [2.75, 3.05) is 12.4 Å². The zero-order chi connectivity index (χ0) is 14.1. The average molecular weight is 379 g/mol. The molecule has 0 fully saturated rings. The summed E-state index contributed by atoms with van der Waals surface area (Å²) in [4.78, 5) is 9.28. The summed E-state index contributed by atoms with van der Waals surface area (Å²) in [5.74, 6) is 1.56. The standard InChI is InChI=1S/C15H14IN3O/c1-3-11-13(16)15(17-2)19-14(18-11)10-8-20-12-7-5-4-6-9(10)12/h4-8H,3H2,1-2H3,(H,17,18,19). The highest BCUT2D eigenvalue weighted by Crippen LogP contribution is 2.30. The van der Waals surface area contributed by atoms with E-state index in [2.05, 4.69) is 44.8 Å². The van der Waals surface area contributed by atoms with Gasteiger partial charge in [0.25, 0.3) is 0 Å². The summed E-state index contributed by atoms with van der Waals surface area (Å²) >= 11 is 2.28. The highest BCUT2D eigenvalue weighted by molar-refractivity contribution is 14.1. The van der Waals surface area contributed by atoms with Gasteiger partial charge in [0.2, 0.25) is 0 Å². The van der Waals surface area contributed by atoms with Gasteiger partial charge in [-0.3, -0.25) is 0 Å². The molecule has 0 unspecified atom stereocenters. The predicted octanol–water partition coefficient (Wildman–Crippen LogP) is 4.10. The molecule has 0 bridgehead atoms. The Morgan fingerprint density at radius 1 is 1.25 bits per heavy atom. The minimum atomic E-state index is 0.705. The molecule has 20 heavy (non-hydrogen) atoms. The monoisotopic (exact) mass is 379 g/mol. The van der Waals surface area contributed by atoms with E-state index in [1.165, 1.54) is 0 Å². The average Bonchev–Trinajstić information content (AvgIpc) is 2.91. The number of rotatable bonds is 3. The van der Waals surface area contributed by atoms with Crippen molar-refractivity contribution in [2.24, 2.45) is 0 Å². The maximum absolute atomic E-state index is 5.58. The Labute approximate surface area is 130 Å². The fraction of sp³-hybridized carbons (Fsp3) is 0.200. The Morgan fingerprint density at radius 2 is 2.05 bits per heavy atom. The van der Waals surface area contributed by atoms with Crippen LogP contribution in [0, 0.1) is 3.57 Å². The Kier molecular flexibility index (Phi) is 3.60. The molecule has 3 rings (SSSR count). The van der Waals surface area contributed by atoms with Crippen molar-refractivity contribution in [1.29, 1.82) is 0 Å². The summed E-state index contributed by atoms with van der Waals surface area (Å²) in [6.07, 6.45) is 2.60. The van der Waals surface area contributed by atoms with Crippen LogP contribution in [0.4, 0.5) is 5.82 Å². The number of hydrogen-bond acceptors (Lipinski definition) is 4. The van der Waals surface area contributed by atoms with Crippen LogP contribution >= 0.6 is 22.6 Å². The molecule has 102 valence electrons. The Hall–Kier alpha value is -1.63. The lowest BCUT2D eigenvalue weighted by Gasteiger charge is -2.09. The van der Waals surface area contributed by atoms with Crippen LogP contribution in [-0.4, -0.2) is 17.0 Å². The first-order chi connectivity index (χ1) is 9.74. The second-order valence-corrected chi connectivity index (χ2v) is 5.48. The van der Waals surface area contributed by atoms with Crippen molar-refractivity contribution >= 4 is 39.4 Å². The van der Waals surface area contributed by atoms with E-state index in [0.29, 0.717) is 5.82 Å². The van der Waals surface area contributed by atoms with Crippen molar-refractivity contribution in [3.8, 4) is 11.4 Å². The SMILES string of the molecule is CCc1nc(-c2coc3ccccc23)nc(NC)c1I. The maximum Gasteiger partial charge on any atom is 0.165 e. The van der Waals surface area contributed by atoms with Crippen LogP contribution in [0.2, 0.25) is 0 Å². The third-order valence-corrected chi connectivity index (χ3v) is 4.35. The van der Waals surface area contributed by atoms with E-state index in [9.17, 15) is 0 Å². The zero-order valence-corrected chi connectivity index (χ0v) is 13.4. The van der Waals surface area contributed by atoms with Crippen molar-refractivity contribution in [2.45, 2.75) is 13.3 Å². The Morgan fingerprint density at radius 3 is 2.80 bits per heavy atom. The lowest BCUT2D eigenvalue weighted by Crippen LogP contribution is -2.04. The number of para-hydroxylation sites is 1. The molecule has 5 heteroatoms. The van der Waals surface area contributed by atoms with Gasteiger partial charge in [-0.05, 0) is 35.1 Å². The molecule has 2 aromatic heterocycles. The van der Waals surface area contributed by atoms with E-state index in [-0.39, 0.29) is 0 Å². The number of aromatic nitrogens is 2. The Bertz CT molecular complexity index is 742. The van der Waals surface area contributed by atoms with E-state index in [1.54, 1.807) is 6.26 Å². The normalized spacial score (nSPS) is 10.9. The van der Waals surface area contributed by atoms with Gasteiger partial charge in [0.1, 0.15) is 17.7 Å². The molecule has 4 nitrogen and oxygen atoms in total. The molecule has 0 spiro atoms. The summed E-state index contributed by atoms with van der Waals surface area (Å²) < 4.78 is 6.65. The molecule has 1 aromatic carbocycles. The molecule has 3 aromatic rings. The van der Waals surface area contributed by atoms with Gasteiger partial charge in [0.05, 0.1) is 14.8 Å². The molecule has 0 radical (unpaired) electrons. The first-order valence-electron chi connectivity index (χ1n) is 6.45. The lowest BCUT2D eigenvalue weighted by molar-refractivity contribution is 0.616. The first kappa shape index (κ1) is 13.4. The predicted molar refractivity (Wildman–Crippen MR) is 88.9 cm³/mol. The molecule has 0 amide bonds. The maximum atomic E-state index is 5.58. The molecule has 0 saturated carbocycles. The Balaban J connectivity index is 2.24. The van der Waals surface area contributed by atoms with Crippen LogP contribution in [0.1, 0.15) is 12.6 Å². The quantitative estimate of drug-likeness (QED) is 0.697. The number of anilines is 1. The molecule has 0 aliphatic heterocycles. The van der Waals surface area contributed by atoms with Crippen LogP contribution in [0.5, 0.6) is 0 Å². The van der Waals surface area contributed by atoms with E-state index in [1.807, 2.05) is 31.3 Å². The summed E-state index contributed by atoms with van der Waals surface area (Å²) in [6.45, 7) is 2.10. The molecule has 0 aliphatic rings. The number of aryl methyl sites for hydroxylation is 1. The van der Waals surface area contributed by atoms with Gasteiger partial charge in [-0.15, -0.1) is 0 Å². The second-order valence-electron chi connectivity index (χ2n) is 4.41. The fourth-order valence-electron chi connectivity index (χ4n) is 2.16. The van der Waals surface area contributed by atoms with E-state index in [4.69, 9.17) is 4.42 Å².